The smallest absolute Gasteiger partial charge is 0.0205 e. The monoisotopic (exact) mass is 192 g/mol. The normalized spacial score (nSPS) is 10.4. The van der Waals surface area contributed by atoms with Crippen molar-refractivity contribution in [3.63, 3.8) is 0 Å². The molecule has 78 valence electrons. The Kier molecular flexibility index (Phi) is 5.27. The van der Waals surface area contributed by atoms with Gasteiger partial charge in [-0.1, -0.05) is 37.6 Å². The van der Waals surface area contributed by atoms with Crippen molar-refractivity contribution >= 4 is 0 Å². The number of hydrogen-bond acceptors (Lipinski definition) is 2. The zero-order chi connectivity index (χ0) is 10.2. The van der Waals surface area contributed by atoms with Crippen molar-refractivity contribution in [2.24, 2.45) is 5.73 Å². The van der Waals surface area contributed by atoms with E-state index in [1.807, 2.05) is 0 Å². The fourth-order valence-corrected chi connectivity index (χ4v) is 1.40. The van der Waals surface area contributed by atoms with Gasteiger partial charge in [-0.3, -0.25) is 0 Å². The van der Waals surface area contributed by atoms with Crippen molar-refractivity contribution in [3.05, 3.63) is 35.4 Å². The van der Waals surface area contributed by atoms with Crippen molar-refractivity contribution in [2.75, 3.05) is 6.54 Å². The first-order valence-corrected chi connectivity index (χ1v) is 5.35. The van der Waals surface area contributed by atoms with Gasteiger partial charge in [0.05, 0.1) is 0 Å². The molecule has 0 aliphatic carbocycles. The number of nitrogens with two attached hydrogens (primary N) is 1. The van der Waals surface area contributed by atoms with Crippen molar-refractivity contribution in [3.8, 4) is 0 Å². The molecule has 0 heterocycles. The van der Waals surface area contributed by atoms with Gasteiger partial charge in [0.15, 0.2) is 0 Å². The quantitative estimate of drug-likeness (QED) is 0.677. The maximum Gasteiger partial charge on any atom is 0.0205 e. The maximum atomic E-state index is 5.57. The summed E-state index contributed by atoms with van der Waals surface area (Å²) in [5.41, 5.74) is 8.11. The molecule has 0 saturated heterocycles. The Hall–Kier alpha value is -0.860. The Balaban J connectivity index is 2.34. The summed E-state index contributed by atoms with van der Waals surface area (Å²) in [6, 6.07) is 8.44. The van der Waals surface area contributed by atoms with E-state index in [-0.39, 0.29) is 0 Å². The number of nitrogens with one attached hydrogen (secondary N) is 1. The van der Waals surface area contributed by atoms with Crippen LogP contribution >= 0.6 is 0 Å². The topological polar surface area (TPSA) is 38.0 Å². The highest BCUT2D eigenvalue weighted by molar-refractivity contribution is 5.23. The fourth-order valence-electron chi connectivity index (χ4n) is 1.40. The van der Waals surface area contributed by atoms with Crippen LogP contribution in [0, 0.1) is 0 Å². The molecule has 0 atom stereocenters. The molecule has 3 N–H and O–H groups in total. The lowest BCUT2D eigenvalue weighted by atomic mass is 10.1. The van der Waals surface area contributed by atoms with Gasteiger partial charge in [-0.25, -0.2) is 0 Å². The molecule has 2 nitrogen and oxygen atoms in total. The predicted molar refractivity (Wildman–Crippen MR) is 60.9 cm³/mol. The Morgan fingerprint density at radius 3 is 2.79 bits per heavy atom. The number of hydrogen-bond donors (Lipinski definition) is 2. The van der Waals surface area contributed by atoms with Crippen molar-refractivity contribution in [1.82, 2.24) is 5.32 Å². The van der Waals surface area contributed by atoms with Gasteiger partial charge in [0.25, 0.3) is 0 Å². The summed E-state index contributed by atoms with van der Waals surface area (Å²) in [6.45, 7) is 4.89. The van der Waals surface area contributed by atoms with Crippen molar-refractivity contribution in [1.29, 1.82) is 0 Å². The van der Waals surface area contributed by atoms with Crippen LogP contribution in [0.2, 0.25) is 0 Å². The molecule has 1 rings (SSSR count). The van der Waals surface area contributed by atoms with Gasteiger partial charge in [0, 0.05) is 13.1 Å². The van der Waals surface area contributed by atoms with Crippen LogP contribution in [-0.4, -0.2) is 6.54 Å². The number of unbranched alkanes of at least 4 members (excludes halogenated alkanes) is 1. The molecule has 0 aliphatic heterocycles. The van der Waals surface area contributed by atoms with Crippen LogP contribution in [-0.2, 0) is 13.1 Å². The molecule has 2 heteroatoms. The van der Waals surface area contributed by atoms with Gasteiger partial charge < -0.3 is 11.1 Å². The van der Waals surface area contributed by atoms with Gasteiger partial charge in [-0.05, 0) is 24.1 Å². The highest BCUT2D eigenvalue weighted by Gasteiger charge is 1.93. The van der Waals surface area contributed by atoms with Crippen LogP contribution < -0.4 is 11.1 Å². The Bertz CT molecular complexity index is 258. The fraction of sp³-hybridized carbons (Fsp3) is 0.500. The molecule has 0 fully saturated rings. The van der Waals surface area contributed by atoms with E-state index in [9.17, 15) is 0 Å². The van der Waals surface area contributed by atoms with Gasteiger partial charge in [-0.15, -0.1) is 0 Å². The SMILES string of the molecule is CCCCNCc1cccc(CN)c1. The minimum atomic E-state index is 0.628. The number of benzene rings is 1. The molecule has 0 bridgehead atoms. The maximum absolute atomic E-state index is 5.57. The van der Waals surface area contributed by atoms with Crippen LogP contribution in [0.4, 0.5) is 0 Å². The van der Waals surface area contributed by atoms with Gasteiger partial charge in [0.1, 0.15) is 0 Å². The minimum absolute atomic E-state index is 0.628. The van der Waals surface area contributed by atoms with E-state index in [2.05, 4.69) is 36.5 Å². The molecule has 0 aliphatic rings. The summed E-state index contributed by atoms with van der Waals surface area (Å²) in [5.74, 6) is 0. The zero-order valence-corrected chi connectivity index (χ0v) is 8.92. The predicted octanol–water partition coefficient (Wildman–Crippen LogP) is 2.04. The number of rotatable bonds is 6. The third kappa shape index (κ3) is 3.90. The van der Waals surface area contributed by atoms with E-state index in [0.29, 0.717) is 6.54 Å². The van der Waals surface area contributed by atoms with Gasteiger partial charge in [-0.2, -0.15) is 0 Å². The third-order valence-corrected chi connectivity index (χ3v) is 2.26. The molecule has 0 radical (unpaired) electrons. The van der Waals surface area contributed by atoms with Crippen molar-refractivity contribution in [2.45, 2.75) is 32.9 Å². The molecule has 0 saturated carbocycles. The minimum Gasteiger partial charge on any atom is -0.326 e. The summed E-state index contributed by atoms with van der Waals surface area (Å²) in [6.07, 6.45) is 2.49. The molecule has 0 spiro atoms. The van der Waals surface area contributed by atoms with Gasteiger partial charge in [0.2, 0.25) is 0 Å². The largest absolute Gasteiger partial charge is 0.326 e. The molecular formula is C12H20N2. The summed E-state index contributed by atoms with van der Waals surface area (Å²) in [4.78, 5) is 0. The molecule has 1 aromatic rings. The molecule has 1 aromatic carbocycles. The molecule has 0 unspecified atom stereocenters. The van der Waals surface area contributed by atoms with Crippen LogP contribution in [0.3, 0.4) is 0 Å². The average molecular weight is 192 g/mol. The summed E-state index contributed by atoms with van der Waals surface area (Å²) in [5, 5.41) is 3.41. The molecular weight excluding hydrogens is 172 g/mol. The molecule has 0 amide bonds. The average Bonchev–Trinajstić information content (AvgIpc) is 2.25. The second kappa shape index (κ2) is 6.57. The van der Waals surface area contributed by atoms with Crippen LogP contribution in [0.15, 0.2) is 24.3 Å². The van der Waals surface area contributed by atoms with E-state index >= 15 is 0 Å². The van der Waals surface area contributed by atoms with Crippen LogP contribution in [0.1, 0.15) is 30.9 Å². The van der Waals surface area contributed by atoms with E-state index in [1.54, 1.807) is 0 Å². The third-order valence-electron chi connectivity index (χ3n) is 2.26. The lowest BCUT2D eigenvalue weighted by Crippen LogP contribution is -2.14. The van der Waals surface area contributed by atoms with Crippen LogP contribution in [0.5, 0.6) is 0 Å². The summed E-state index contributed by atoms with van der Waals surface area (Å²) < 4.78 is 0. The Morgan fingerprint density at radius 1 is 1.29 bits per heavy atom. The standard InChI is InChI=1S/C12H20N2/c1-2-3-7-14-10-12-6-4-5-11(8-12)9-13/h4-6,8,14H,2-3,7,9-10,13H2,1H3. The highest BCUT2D eigenvalue weighted by Crippen LogP contribution is 2.04. The Morgan fingerprint density at radius 2 is 2.07 bits per heavy atom. The van der Waals surface area contributed by atoms with E-state index in [0.717, 1.165) is 13.1 Å². The molecule has 14 heavy (non-hydrogen) atoms. The van der Waals surface area contributed by atoms with E-state index < -0.39 is 0 Å². The lowest BCUT2D eigenvalue weighted by molar-refractivity contribution is 0.641. The van der Waals surface area contributed by atoms with E-state index in [4.69, 9.17) is 5.73 Å². The first kappa shape index (κ1) is 11.2. The highest BCUT2D eigenvalue weighted by atomic mass is 14.8. The van der Waals surface area contributed by atoms with Gasteiger partial charge >= 0.3 is 0 Å². The first-order chi connectivity index (χ1) is 6.86. The zero-order valence-electron chi connectivity index (χ0n) is 8.92. The molecule has 0 aromatic heterocycles. The lowest BCUT2D eigenvalue weighted by Gasteiger charge is -2.05. The van der Waals surface area contributed by atoms with Crippen molar-refractivity contribution < 1.29 is 0 Å². The first-order valence-electron chi connectivity index (χ1n) is 5.35. The van der Waals surface area contributed by atoms with Crippen LogP contribution in [0.25, 0.3) is 0 Å². The second-order valence-electron chi connectivity index (χ2n) is 3.55. The second-order valence-corrected chi connectivity index (χ2v) is 3.55. The van der Waals surface area contributed by atoms with E-state index in [1.165, 1.54) is 24.0 Å². The summed E-state index contributed by atoms with van der Waals surface area (Å²) in [7, 11) is 0. The summed E-state index contributed by atoms with van der Waals surface area (Å²) >= 11 is 0. The Labute approximate surface area is 86.5 Å².